The minimum absolute atomic E-state index is 0.254. The van der Waals surface area contributed by atoms with E-state index >= 15 is 0 Å². The third kappa shape index (κ3) is 3.43. The van der Waals surface area contributed by atoms with Crippen molar-refractivity contribution in [2.75, 3.05) is 12.8 Å². The summed E-state index contributed by atoms with van der Waals surface area (Å²) in [5, 5.41) is 3.43. The SMILES string of the molecule is CSC(C)(C)CNCc1cnc2ccccc2n1. The Kier molecular flexibility index (Phi) is 4.19. The van der Waals surface area contributed by atoms with Crippen LogP contribution in [0.25, 0.3) is 11.0 Å². The molecule has 0 radical (unpaired) electrons. The molecule has 0 atom stereocenters. The van der Waals surface area contributed by atoms with Crippen molar-refractivity contribution in [3.05, 3.63) is 36.2 Å². The summed E-state index contributed by atoms with van der Waals surface area (Å²) in [6, 6.07) is 7.95. The van der Waals surface area contributed by atoms with Gasteiger partial charge in [0.05, 0.1) is 22.9 Å². The minimum Gasteiger partial charge on any atom is -0.310 e. The Labute approximate surface area is 112 Å². The normalized spacial score (nSPS) is 11.9. The standard InChI is InChI=1S/C14H19N3S/c1-14(2,18-3)10-15-8-11-9-16-12-6-4-5-7-13(12)17-11/h4-7,9,15H,8,10H2,1-3H3. The average molecular weight is 261 g/mol. The predicted molar refractivity (Wildman–Crippen MR) is 78.8 cm³/mol. The number of nitrogens with zero attached hydrogens (tertiary/aromatic N) is 2. The van der Waals surface area contributed by atoms with E-state index in [0.29, 0.717) is 0 Å². The van der Waals surface area contributed by atoms with E-state index in [2.05, 4.69) is 35.4 Å². The maximum Gasteiger partial charge on any atom is 0.0890 e. The van der Waals surface area contributed by atoms with Crippen LogP contribution in [0.5, 0.6) is 0 Å². The molecule has 0 spiro atoms. The van der Waals surface area contributed by atoms with Crippen LogP contribution in [0.1, 0.15) is 19.5 Å². The molecule has 4 heteroatoms. The van der Waals surface area contributed by atoms with Gasteiger partial charge in [-0.3, -0.25) is 4.98 Å². The van der Waals surface area contributed by atoms with Crippen molar-refractivity contribution in [1.29, 1.82) is 0 Å². The second-order valence-corrected chi connectivity index (χ2v) is 6.43. The van der Waals surface area contributed by atoms with Gasteiger partial charge in [-0.25, -0.2) is 4.98 Å². The molecule has 2 aromatic rings. The van der Waals surface area contributed by atoms with E-state index in [-0.39, 0.29) is 4.75 Å². The van der Waals surface area contributed by atoms with E-state index in [0.717, 1.165) is 29.8 Å². The summed E-state index contributed by atoms with van der Waals surface area (Å²) in [4.78, 5) is 9.00. The van der Waals surface area contributed by atoms with E-state index in [9.17, 15) is 0 Å². The van der Waals surface area contributed by atoms with Gasteiger partial charge in [-0.2, -0.15) is 11.8 Å². The molecular formula is C14H19N3S. The zero-order valence-corrected chi connectivity index (χ0v) is 11.9. The van der Waals surface area contributed by atoms with Gasteiger partial charge >= 0.3 is 0 Å². The quantitative estimate of drug-likeness (QED) is 0.898. The van der Waals surface area contributed by atoms with Crippen LogP contribution in [0.4, 0.5) is 0 Å². The molecule has 0 saturated carbocycles. The topological polar surface area (TPSA) is 37.8 Å². The van der Waals surface area contributed by atoms with Crippen molar-refractivity contribution in [3.63, 3.8) is 0 Å². The van der Waals surface area contributed by atoms with Gasteiger partial charge in [0.15, 0.2) is 0 Å². The van der Waals surface area contributed by atoms with Gasteiger partial charge in [0.2, 0.25) is 0 Å². The number of fused-ring (bicyclic) bond motifs is 1. The molecule has 0 fully saturated rings. The molecule has 0 aliphatic heterocycles. The fourth-order valence-corrected chi connectivity index (χ4v) is 1.89. The van der Waals surface area contributed by atoms with Crippen molar-refractivity contribution in [1.82, 2.24) is 15.3 Å². The Morgan fingerprint density at radius 1 is 1.22 bits per heavy atom. The lowest BCUT2D eigenvalue weighted by atomic mass is 10.2. The maximum absolute atomic E-state index is 4.59. The first-order chi connectivity index (χ1) is 8.61. The summed E-state index contributed by atoms with van der Waals surface area (Å²) in [5.74, 6) is 0. The number of thioether (sulfide) groups is 1. The van der Waals surface area contributed by atoms with Crippen LogP contribution >= 0.6 is 11.8 Å². The molecule has 1 aromatic heterocycles. The lowest BCUT2D eigenvalue weighted by molar-refractivity contribution is 0.585. The molecule has 0 amide bonds. The molecule has 1 heterocycles. The van der Waals surface area contributed by atoms with Gasteiger partial charge in [-0.05, 0) is 32.2 Å². The van der Waals surface area contributed by atoms with E-state index in [4.69, 9.17) is 0 Å². The summed E-state index contributed by atoms with van der Waals surface area (Å²) in [7, 11) is 0. The number of hydrogen-bond acceptors (Lipinski definition) is 4. The lowest BCUT2D eigenvalue weighted by Gasteiger charge is -2.22. The van der Waals surface area contributed by atoms with Crippen LogP contribution in [0.2, 0.25) is 0 Å². The first-order valence-corrected chi connectivity index (χ1v) is 7.30. The fourth-order valence-electron chi connectivity index (χ4n) is 1.64. The zero-order valence-electron chi connectivity index (χ0n) is 11.1. The molecule has 3 nitrogen and oxygen atoms in total. The predicted octanol–water partition coefficient (Wildman–Crippen LogP) is 2.86. The van der Waals surface area contributed by atoms with Crippen LogP contribution in [0.3, 0.4) is 0 Å². The summed E-state index contributed by atoms with van der Waals surface area (Å²) in [6.45, 7) is 6.19. The number of aromatic nitrogens is 2. The van der Waals surface area contributed by atoms with Gasteiger partial charge < -0.3 is 5.32 Å². The van der Waals surface area contributed by atoms with E-state index in [1.165, 1.54) is 0 Å². The molecule has 0 bridgehead atoms. The van der Waals surface area contributed by atoms with Gasteiger partial charge in [-0.15, -0.1) is 0 Å². The molecular weight excluding hydrogens is 242 g/mol. The lowest BCUT2D eigenvalue weighted by Crippen LogP contribution is -2.31. The largest absolute Gasteiger partial charge is 0.310 e. The van der Waals surface area contributed by atoms with E-state index in [1.807, 2.05) is 42.2 Å². The molecule has 18 heavy (non-hydrogen) atoms. The van der Waals surface area contributed by atoms with Crippen LogP contribution in [-0.2, 0) is 6.54 Å². The molecule has 0 aliphatic rings. The highest BCUT2D eigenvalue weighted by Crippen LogP contribution is 2.19. The Morgan fingerprint density at radius 3 is 2.67 bits per heavy atom. The third-order valence-electron chi connectivity index (χ3n) is 2.91. The van der Waals surface area contributed by atoms with Crippen molar-refractivity contribution in [3.8, 4) is 0 Å². The smallest absolute Gasteiger partial charge is 0.0890 e. The summed E-state index contributed by atoms with van der Waals surface area (Å²) in [6.07, 6.45) is 3.99. The molecule has 1 N–H and O–H groups in total. The van der Waals surface area contributed by atoms with Gasteiger partial charge in [0.25, 0.3) is 0 Å². The van der Waals surface area contributed by atoms with Gasteiger partial charge in [0.1, 0.15) is 0 Å². The van der Waals surface area contributed by atoms with Gasteiger partial charge in [-0.1, -0.05) is 12.1 Å². The molecule has 1 aromatic carbocycles. The van der Waals surface area contributed by atoms with Crippen molar-refractivity contribution >= 4 is 22.8 Å². The number of benzene rings is 1. The zero-order chi connectivity index (χ0) is 13.0. The van der Waals surface area contributed by atoms with E-state index < -0.39 is 0 Å². The van der Waals surface area contributed by atoms with Crippen molar-refractivity contribution < 1.29 is 0 Å². The second kappa shape index (κ2) is 5.67. The first kappa shape index (κ1) is 13.3. The Bertz CT molecular complexity index is 525. The van der Waals surface area contributed by atoms with Gasteiger partial charge in [0, 0.05) is 17.8 Å². The first-order valence-electron chi connectivity index (χ1n) is 6.07. The number of hydrogen-bond donors (Lipinski definition) is 1. The van der Waals surface area contributed by atoms with Crippen LogP contribution in [0, 0.1) is 0 Å². The summed E-state index contributed by atoms with van der Waals surface area (Å²) in [5.41, 5.74) is 2.90. The van der Waals surface area contributed by atoms with Crippen LogP contribution < -0.4 is 5.32 Å². The molecule has 2 rings (SSSR count). The molecule has 0 unspecified atom stereocenters. The second-order valence-electron chi connectivity index (χ2n) is 4.92. The Balaban J connectivity index is 2.00. The highest BCUT2D eigenvalue weighted by atomic mass is 32.2. The van der Waals surface area contributed by atoms with Crippen molar-refractivity contribution in [2.45, 2.75) is 25.1 Å². The molecule has 0 saturated heterocycles. The number of rotatable bonds is 5. The summed E-state index contributed by atoms with van der Waals surface area (Å²) >= 11 is 1.87. The Hall–Kier alpha value is -1.13. The van der Waals surface area contributed by atoms with Crippen LogP contribution in [0.15, 0.2) is 30.5 Å². The fraction of sp³-hybridized carbons (Fsp3) is 0.429. The van der Waals surface area contributed by atoms with Crippen LogP contribution in [-0.4, -0.2) is 27.5 Å². The highest BCUT2D eigenvalue weighted by molar-refractivity contribution is 7.99. The Morgan fingerprint density at radius 2 is 1.94 bits per heavy atom. The molecule has 96 valence electrons. The average Bonchev–Trinajstić information content (AvgIpc) is 2.38. The highest BCUT2D eigenvalue weighted by Gasteiger charge is 2.14. The molecule has 0 aliphatic carbocycles. The maximum atomic E-state index is 4.59. The van der Waals surface area contributed by atoms with E-state index in [1.54, 1.807) is 0 Å². The van der Waals surface area contributed by atoms with Crippen molar-refractivity contribution in [2.24, 2.45) is 0 Å². The number of nitrogens with one attached hydrogen (secondary N) is 1. The minimum atomic E-state index is 0.254. The number of para-hydroxylation sites is 2. The third-order valence-corrected chi connectivity index (χ3v) is 4.16. The summed E-state index contributed by atoms with van der Waals surface area (Å²) < 4.78 is 0.254. The monoisotopic (exact) mass is 261 g/mol.